The Kier molecular flexibility index (Phi) is 7.09. The largest absolute Gasteiger partial charge is 0.278 e. The van der Waals surface area contributed by atoms with E-state index in [1.807, 2.05) is 54.6 Å². The molecular weight excluding hydrogens is 711 g/mol. The molecule has 0 aliphatic heterocycles. The minimum atomic E-state index is 0.609. The predicted octanol–water partition coefficient (Wildman–Crippen LogP) is 12.1. The van der Waals surface area contributed by atoms with Crippen LogP contribution in [0.25, 0.3) is 111 Å². The van der Waals surface area contributed by atoms with E-state index in [0.717, 1.165) is 93.9 Å². The van der Waals surface area contributed by atoms with Crippen molar-refractivity contribution in [3.8, 4) is 51.2 Å². The Morgan fingerprint density at radius 3 is 1.59 bits per heavy atom. The molecular formula is C51H31N7. The summed E-state index contributed by atoms with van der Waals surface area (Å²) in [5, 5.41) is 5.28. The van der Waals surface area contributed by atoms with E-state index in [9.17, 15) is 0 Å². The van der Waals surface area contributed by atoms with Gasteiger partial charge in [0.25, 0.3) is 0 Å². The molecule has 8 aromatic carbocycles. The number of rotatable bonds is 5. The maximum Gasteiger partial charge on any atom is 0.221 e. The van der Waals surface area contributed by atoms with Gasteiger partial charge < -0.3 is 0 Å². The number of aromatic nitrogens is 7. The van der Waals surface area contributed by atoms with Gasteiger partial charge >= 0.3 is 0 Å². The van der Waals surface area contributed by atoms with Crippen molar-refractivity contribution in [3.63, 3.8) is 0 Å². The summed E-state index contributed by atoms with van der Waals surface area (Å²) in [5.74, 6) is 2.62. The van der Waals surface area contributed by atoms with E-state index in [4.69, 9.17) is 24.9 Å². The van der Waals surface area contributed by atoms with E-state index in [2.05, 4.69) is 142 Å². The first kappa shape index (κ1) is 32.2. The first-order valence-corrected chi connectivity index (χ1v) is 19.4. The van der Waals surface area contributed by atoms with Crippen LogP contribution in [-0.4, -0.2) is 33.9 Å². The second kappa shape index (κ2) is 12.8. The van der Waals surface area contributed by atoms with Gasteiger partial charge in [-0.05, 0) is 52.9 Å². The van der Waals surface area contributed by atoms with Crippen LogP contribution in [0, 0.1) is 0 Å². The molecule has 270 valence electrons. The summed E-state index contributed by atoms with van der Waals surface area (Å²) in [6, 6.07) is 64.9. The molecule has 0 amide bonds. The Bertz CT molecular complexity index is 3550. The van der Waals surface area contributed by atoms with Crippen LogP contribution in [0.2, 0.25) is 0 Å². The van der Waals surface area contributed by atoms with Crippen LogP contribution in [0.4, 0.5) is 0 Å². The lowest BCUT2D eigenvalue weighted by Crippen LogP contribution is -2.06. The van der Waals surface area contributed by atoms with Crippen LogP contribution in [0.1, 0.15) is 0 Å². The quantitative estimate of drug-likeness (QED) is 0.176. The molecule has 12 aromatic rings. The van der Waals surface area contributed by atoms with E-state index < -0.39 is 0 Å². The van der Waals surface area contributed by atoms with Crippen molar-refractivity contribution in [1.29, 1.82) is 0 Å². The van der Waals surface area contributed by atoms with Crippen molar-refractivity contribution in [2.75, 3.05) is 0 Å². The number of nitrogens with zero attached hydrogens (tertiary/aromatic N) is 7. The lowest BCUT2D eigenvalue weighted by Gasteiger charge is -2.15. The molecule has 0 radical (unpaired) electrons. The molecule has 0 bridgehead atoms. The van der Waals surface area contributed by atoms with Gasteiger partial charge in [-0.1, -0.05) is 152 Å². The van der Waals surface area contributed by atoms with Crippen LogP contribution in [0.3, 0.4) is 0 Å². The molecule has 58 heavy (non-hydrogen) atoms. The number of para-hydroxylation sites is 4. The minimum absolute atomic E-state index is 0.609. The average molecular weight is 742 g/mol. The van der Waals surface area contributed by atoms with E-state index in [1.54, 1.807) is 0 Å². The highest BCUT2D eigenvalue weighted by Crippen LogP contribution is 2.42. The van der Waals surface area contributed by atoms with Gasteiger partial charge in [0.15, 0.2) is 17.5 Å². The number of hydrogen-bond acceptors (Lipinski definition) is 5. The lowest BCUT2D eigenvalue weighted by molar-refractivity contribution is 0.981. The molecule has 7 heteroatoms. The van der Waals surface area contributed by atoms with Gasteiger partial charge in [-0.2, -0.15) is 0 Å². The summed E-state index contributed by atoms with van der Waals surface area (Å²) in [6.07, 6.45) is 0. The van der Waals surface area contributed by atoms with Gasteiger partial charge in [-0.25, -0.2) is 24.9 Å². The average Bonchev–Trinajstić information content (AvgIpc) is 3.86. The first-order valence-electron chi connectivity index (χ1n) is 19.4. The molecule has 4 aromatic heterocycles. The molecule has 0 fully saturated rings. The van der Waals surface area contributed by atoms with Crippen molar-refractivity contribution in [2.45, 2.75) is 0 Å². The lowest BCUT2D eigenvalue weighted by atomic mass is 9.99. The van der Waals surface area contributed by atoms with Gasteiger partial charge in [0, 0.05) is 38.2 Å². The SMILES string of the molecule is c1ccc(-c2ccc(-c3nc(-c4ccccc4)nc(-c4cc5c6ccccc6n(-c6nc7ccccc7c7nc8ccccc8n67)c5c5ccccc45)n3)cc2)cc1. The van der Waals surface area contributed by atoms with Crippen LogP contribution < -0.4 is 0 Å². The van der Waals surface area contributed by atoms with E-state index in [1.165, 1.54) is 0 Å². The van der Waals surface area contributed by atoms with Gasteiger partial charge in [0.1, 0.15) is 5.65 Å². The molecule has 7 nitrogen and oxygen atoms in total. The van der Waals surface area contributed by atoms with Gasteiger partial charge in [-0.3, -0.25) is 8.97 Å². The van der Waals surface area contributed by atoms with Crippen LogP contribution in [0.5, 0.6) is 0 Å². The van der Waals surface area contributed by atoms with Crippen molar-refractivity contribution < 1.29 is 0 Å². The molecule has 0 aliphatic rings. The zero-order chi connectivity index (χ0) is 38.2. The van der Waals surface area contributed by atoms with Crippen molar-refractivity contribution in [1.82, 2.24) is 33.9 Å². The molecule has 12 rings (SSSR count). The third-order valence-electron chi connectivity index (χ3n) is 11.2. The van der Waals surface area contributed by atoms with Crippen molar-refractivity contribution >= 4 is 60.2 Å². The fourth-order valence-electron chi connectivity index (χ4n) is 8.48. The summed E-state index contributed by atoms with van der Waals surface area (Å²) in [4.78, 5) is 26.1. The highest BCUT2D eigenvalue weighted by molar-refractivity contribution is 6.22. The highest BCUT2D eigenvalue weighted by Gasteiger charge is 2.24. The third kappa shape index (κ3) is 4.97. The molecule has 0 unspecified atom stereocenters. The normalized spacial score (nSPS) is 11.8. The summed E-state index contributed by atoms with van der Waals surface area (Å²) in [6.45, 7) is 0. The summed E-state index contributed by atoms with van der Waals surface area (Å²) >= 11 is 0. The number of hydrogen-bond donors (Lipinski definition) is 0. The zero-order valence-corrected chi connectivity index (χ0v) is 31.0. The molecule has 0 saturated heterocycles. The van der Waals surface area contributed by atoms with Gasteiger partial charge in [0.2, 0.25) is 5.95 Å². The van der Waals surface area contributed by atoms with Gasteiger partial charge in [0.05, 0.1) is 27.6 Å². The Morgan fingerprint density at radius 1 is 0.328 bits per heavy atom. The monoisotopic (exact) mass is 741 g/mol. The Balaban J connectivity index is 1.15. The predicted molar refractivity (Wildman–Crippen MR) is 235 cm³/mol. The molecule has 4 heterocycles. The van der Waals surface area contributed by atoms with Crippen LogP contribution >= 0.6 is 0 Å². The number of fused-ring (bicyclic) bond motifs is 10. The van der Waals surface area contributed by atoms with Crippen molar-refractivity contribution in [3.05, 3.63) is 188 Å². The molecule has 0 spiro atoms. The summed E-state index contributed by atoms with van der Waals surface area (Å²) in [5.41, 5.74) is 10.8. The van der Waals surface area contributed by atoms with Gasteiger partial charge in [-0.15, -0.1) is 0 Å². The number of imidazole rings is 1. The maximum atomic E-state index is 5.42. The van der Waals surface area contributed by atoms with Crippen molar-refractivity contribution in [2.24, 2.45) is 0 Å². The maximum absolute atomic E-state index is 5.42. The van der Waals surface area contributed by atoms with Crippen LogP contribution in [-0.2, 0) is 0 Å². The number of benzene rings is 8. The van der Waals surface area contributed by atoms with E-state index in [-0.39, 0.29) is 0 Å². The second-order valence-corrected chi connectivity index (χ2v) is 14.5. The Morgan fingerprint density at radius 2 is 0.845 bits per heavy atom. The molecule has 0 saturated carbocycles. The van der Waals surface area contributed by atoms with Crippen LogP contribution in [0.15, 0.2) is 188 Å². The van der Waals surface area contributed by atoms with E-state index in [0.29, 0.717) is 17.5 Å². The smallest absolute Gasteiger partial charge is 0.221 e. The molecule has 0 N–H and O–H groups in total. The summed E-state index contributed by atoms with van der Waals surface area (Å²) < 4.78 is 4.52. The second-order valence-electron chi connectivity index (χ2n) is 14.5. The zero-order valence-electron chi connectivity index (χ0n) is 31.0. The summed E-state index contributed by atoms with van der Waals surface area (Å²) in [7, 11) is 0. The Labute approximate surface area is 332 Å². The standard InChI is InChI=1S/C51H31N7/c1-3-15-32(16-4-1)33-27-29-35(30-28-33)48-54-47(34-17-5-2-6-18-34)55-49(56-48)41-31-40-37-20-10-13-25-44(37)57(46(40)38-21-8-7-19-36(38)41)51-53-42-23-11-9-22-39(42)50-52-43-24-12-14-26-45(43)58(50)51/h1-31H. The van der Waals surface area contributed by atoms with E-state index >= 15 is 0 Å². The fraction of sp³-hybridized carbons (Fsp3) is 0. The third-order valence-corrected chi connectivity index (χ3v) is 11.2. The molecule has 0 atom stereocenters. The highest BCUT2D eigenvalue weighted by atomic mass is 15.2. The fourth-order valence-corrected chi connectivity index (χ4v) is 8.48. The topological polar surface area (TPSA) is 73.8 Å². The first-order chi connectivity index (χ1) is 28.8. The molecule has 0 aliphatic carbocycles. The Hall–Kier alpha value is -8.03. The minimum Gasteiger partial charge on any atom is -0.278 e.